The molecular formula is C23H18N2O3S3. The van der Waals surface area contributed by atoms with E-state index >= 15 is 0 Å². The van der Waals surface area contributed by atoms with Crippen LogP contribution in [0.2, 0.25) is 0 Å². The summed E-state index contributed by atoms with van der Waals surface area (Å²) in [7, 11) is 3.10. The predicted octanol–water partition coefficient (Wildman–Crippen LogP) is 5.47. The summed E-state index contributed by atoms with van der Waals surface area (Å²) in [4.78, 5) is 43.6. The number of imide groups is 1. The predicted molar refractivity (Wildman–Crippen MR) is 125 cm³/mol. The summed E-state index contributed by atoms with van der Waals surface area (Å²) in [5, 5.41) is 0. The molecule has 0 saturated carbocycles. The SMILES string of the molecule is CC(C(=O)N1c2ccccc2-c2c(ssc2=S)C1(C)C)N1C(=O)c2ccccc2C1=O. The number of carbonyl (C=O) groups is 3. The molecule has 2 aliphatic rings. The summed E-state index contributed by atoms with van der Waals surface area (Å²) in [6.07, 6.45) is 0. The zero-order valence-electron chi connectivity index (χ0n) is 17.0. The lowest BCUT2D eigenvalue weighted by Gasteiger charge is -2.44. The Morgan fingerprint density at radius 3 is 2.10 bits per heavy atom. The van der Waals surface area contributed by atoms with Crippen LogP contribution in [-0.2, 0) is 10.3 Å². The summed E-state index contributed by atoms with van der Waals surface area (Å²) in [5.74, 6) is -1.17. The minimum Gasteiger partial charge on any atom is -0.299 e. The van der Waals surface area contributed by atoms with Gasteiger partial charge in [-0.15, -0.1) is 0 Å². The summed E-state index contributed by atoms with van der Waals surface area (Å²) >= 11 is 5.59. The second-order valence-electron chi connectivity index (χ2n) is 8.11. The molecule has 5 nitrogen and oxygen atoms in total. The van der Waals surface area contributed by atoms with Gasteiger partial charge in [-0.3, -0.25) is 24.2 Å². The first-order chi connectivity index (χ1) is 14.7. The molecular weight excluding hydrogens is 448 g/mol. The highest BCUT2D eigenvalue weighted by molar-refractivity contribution is 7.80. The molecule has 3 heterocycles. The minimum absolute atomic E-state index is 0.304. The molecule has 0 fully saturated rings. The Morgan fingerprint density at radius 1 is 0.935 bits per heavy atom. The van der Waals surface area contributed by atoms with Crippen molar-refractivity contribution in [2.75, 3.05) is 4.90 Å². The van der Waals surface area contributed by atoms with E-state index < -0.39 is 23.4 Å². The monoisotopic (exact) mass is 466 g/mol. The van der Waals surface area contributed by atoms with Crippen LogP contribution in [0.4, 0.5) is 5.69 Å². The van der Waals surface area contributed by atoms with Gasteiger partial charge in [0.1, 0.15) is 9.87 Å². The van der Waals surface area contributed by atoms with Gasteiger partial charge in [-0.05, 0) is 39.0 Å². The Morgan fingerprint density at radius 2 is 1.48 bits per heavy atom. The number of hydrogen-bond acceptors (Lipinski definition) is 6. The van der Waals surface area contributed by atoms with Crippen molar-refractivity contribution in [2.24, 2.45) is 0 Å². The maximum absolute atomic E-state index is 13.9. The number of rotatable bonds is 2. The second kappa shape index (κ2) is 6.91. The van der Waals surface area contributed by atoms with Crippen LogP contribution in [0.5, 0.6) is 0 Å². The van der Waals surface area contributed by atoms with Crippen molar-refractivity contribution in [2.45, 2.75) is 32.4 Å². The molecule has 2 aliphatic heterocycles. The minimum atomic E-state index is -0.951. The molecule has 3 aromatic rings. The van der Waals surface area contributed by atoms with Gasteiger partial charge in [0.2, 0.25) is 0 Å². The van der Waals surface area contributed by atoms with E-state index in [1.165, 1.54) is 10.3 Å². The van der Waals surface area contributed by atoms with Gasteiger partial charge in [-0.25, -0.2) is 0 Å². The van der Waals surface area contributed by atoms with Gasteiger partial charge >= 0.3 is 0 Å². The summed E-state index contributed by atoms with van der Waals surface area (Å²) in [5.41, 5.74) is 2.65. The third-order valence-electron chi connectivity index (χ3n) is 5.95. The highest BCUT2D eigenvalue weighted by Gasteiger charge is 2.48. The number of anilines is 1. The number of amides is 3. The quantitative estimate of drug-likeness (QED) is 0.285. The van der Waals surface area contributed by atoms with Gasteiger partial charge in [-0.1, -0.05) is 63.2 Å². The molecule has 2 aromatic carbocycles. The second-order valence-corrected chi connectivity index (χ2v) is 10.9. The number of para-hydroxylation sites is 1. The largest absolute Gasteiger partial charge is 0.299 e. The van der Waals surface area contributed by atoms with E-state index in [2.05, 4.69) is 0 Å². The molecule has 1 unspecified atom stereocenters. The van der Waals surface area contributed by atoms with Crippen molar-refractivity contribution < 1.29 is 14.4 Å². The summed E-state index contributed by atoms with van der Waals surface area (Å²) in [6.45, 7) is 5.58. The molecule has 0 bridgehead atoms. The fourth-order valence-corrected chi connectivity index (χ4v) is 7.71. The lowest BCUT2D eigenvalue weighted by Crippen LogP contribution is -2.56. The standard InChI is InChI=1S/C23H18N2O3S3/c1-12(24-20(27)13-8-4-5-9-14(13)21(24)28)19(26)25-16-11-7-6-10-15(16)17-18(23(25,2)3)30-31-22(17)29/h4-12H,1-3H3. The van der Waals surface area contributed by atoms with Gasteiger partial charge in [0.15, 0.2) is 0 Å². The van der Waals surface area contributed by atoms with Gasteiger partial charge in [0.05, 0.1) is 27.2 Å². The van der Waals surface area contributed by atoms with Crippen LogP contribution in [0.1, 0.15) is 46.4 Å². The Bertz CT molecular complexity index is 1300. The van der Waals surface area contributed by atoms with E-state index in [0.717, 1.165) is 30.4 Å². The highest BCUT2D eigenvalue weighted by atomic mass is 32.9. The van der Waals surface area contributed by atoms with Crippen molar-refractivity contribution in [1.82, 2.24) is 4.90 Å². The normalized spacial score (nSPS) is 17.3. The Kier molecular flexibility index (Phi) is 4.51. The number of fused-ring (bicyclic) bond motifs is 4. The summed E-state index contributed by atoms with van der Waals surface area (Å²) < 4.78 is 0.807. The molecule has 0 aliphatic carbocycles. The first-order valence-corrected chi connectivity index (χ1v) is 12.3. The molecule has 0 radical (unpaired) electrons. The summed E-state index contributed by atoms with van der Waals surface area (Å²) in [6, 6.07) is 13.4. The number of hydrogen-bond donors (Lipinski definition) is 0. The van der Waals surface area contributed by atoms with Gasteiger partial charge in [-0.2, -0.15) is 0 Å². The Labute approximate surface area is 191 Å². The maximum atomic E-state index is 13.9. The van der Waals surface area contributed by atoms with Crippen molar-refractivity contribution >= 4 is 56.3 Å². The average Bonchev–Trinajstić information content (AvgIpc) is 3.26. The van der Waals surface area contributed by atoms with Crippen LogP contribution in [0.15, 0.2) is 48.5 Å². The zero-order valence-corrected chi connectivity index (χ0v) is 19.5. The van der Waals surface area contributed by atoms with Crippen LogP contribution >= 0.6 is 32.9 Å². The van der Waals surface area contributed by atoms with E-state index in [1.54, 1.807) is 46.4 Å². The van der Waals surface area contributed by atoms with E-state index in [4.69, 9.17) is 12.2 Å². The van der Waals surface area contributed by atoms with Crippen LogP contribution in [0.3, 0.4) is 0 Å². The van der Waals surface area contributed by atoms with Crippen LogP contribution < -0.4 is 4.90 Å². The molecule has 31 heavy (non-hydrogen) atoms. The van der Waals surface area contributed by atoms with E-state index in [0.29, 0.717) is 11.1 Å². The lowest BCUT2D eigenvalue weighted by molar-refractivity contribution is -0.123. The Balaban J connectivity index is 1.61. The van der Waals surface area contributed by atoms with Crippen LogP contribution in [-0.4, -0.2) is 28.7 Å². The molecule has 0 spiro atoms. The number of benzene rings is 2. The third-order valence-corrected chi connectivity index (χ3v) is 9.28. The van der Waals surface area contributed by atoms with Gasteiger partial charge in [0, 0.05) is 11.1 Å². The van der Waals surface area contributed by atoms with Crippen molar-refractivity contribution in [3.05, 3.63) is 68.4 Å². The van der Waals surface area contributed by atoms with Crippen LogP contribution in [0.25, 0.3) is 11.1 Å². The molecule has 8 heteroatoms. The molecule has 1 aromatic heterocycles. The van der Waals surface area contributed by atoms with E-state index in [9.17, 15) is 14.4 Å². The smallest absolute Gasteiger partial charge is 0.262 e. The highest BCUT2D eigenvalue weighted by Crippen LogP contribution is 2.52. The van der Waals surface area contributed by atoms with E-state index in [1.807, 2.05) is 38.1 Å². The Hall–Kier alpha value is -2.68. The first kappa shape index (κ1) is 20.2. The van der Waals surface area contributed by atoms with Crippen molar-refractivity contribution in [3.8, 4) is 11.1 Å². The molecule has 156 valence electrons. The topological polar surface area (TPSA) is 57.7 Å². The van der Waals surface area contributed by atoms with Crippen molar-refractivity contribution in [1.29, 1.82) is 0 Å². The van der Waals surface area contributed by atoms with Crippen molar-refractivity contribution in [3.63, 3.8) is 0 Å². The third kappa shape index (κ3) is 2.71. The lowest BCUT2D eigenvalue weighted by atomic mass is 9.87. The molecule has 1 atom stereocenters. The van der Waals surface area contributed by atoms with Gasteiger partial charge in [0.25, 0.3) is 17.7 Å². The zero-order chi connectivity index (χ0) is 22.1. The van der Waals surface area contributed by atoms with Crippen LogP contribution in [0, 0.1) is 3.82 Å². The molecule has 0 saturated heterocycles. The van der Waals surface area contributed by atoms with Gasteiger partial charge < -0.3 is 0 Å². The molecule has 0 N–H and O–H groups in total. The average molecular weight is 467 g/mol. The first-order valence-electron chi connectivity index (χ1n) is 9.79. The number of nitrogens with zero attached hydrogens (tertiary/aromatic N) is 2. The molecule has 3 amide bonds. The molecule has 5 rings (SSSR count). The maximum Gasteiger partial charge on any atom is 0.262 e. The van der Waals surface area contributed by atoms with E-state index in [-0.39, 0.29) is 5.91 Å². The number of carbonyl (C=O) groups excluding carboxylic acids is 3. The fourth-order valence-electron chi connectivity index (χ4n) is 4.43. The fraction of sp³-hybridized carbons (Fsp3) is 0.217.